The number of nitrogens with one attached hydrogen (secondary N) is 1. The highest BCUT2D eigenvalue weighted by Crippen LogP contribution is 2.47. The van der Waals surface area contributed by atoms with Gasteiger partial charge in [-0.25, -0.2) is 0 Å². The fourth-order valence-corrected chi connectivity index (χ4v) is 7.65. The average molecular weight is 503 g/mol. The molecular weight excluding hydrogens is 499 g/mol. The van der Waals surface area contributed by atoms with Crippen molar-refractivity contribution in [2.24, 2.45) is 0 Å². The maximum Gasteiger partial charge on any atom is 0.139 e. The van der Waals surface area contributed by atoms with Crippen molar-refractivity contribution in [3.05, 3.63) is 42.3 Å². The number of quaternary nitrogens is 1. The van der Waals surface area contributed by atoms with Crippen LogP contribution in [0, 0.1) is 0 Å². The first-order valence-corrected chi connectivity index (χ1v) is 10.9. The largest absolute Gasteiger partial charge is 0.141 e. The van der Waals surface area contributed by atoms with Gasteiger partial charge in [0.05, 0.1) is 39.9 Å². The van der Waals surface area contributed by atoms with Crippen LogP contribution >= 0.6 is 118 Å². The van der Waals surface area contributed by atoms with Gasteiger partial charge in [-0.05, 0) is 12.1 Å². The molecule has 1 nitrogen and oxygen atoms in total. The van der Waals surface area contributed by atoms with Gasteiger partial charge >= 0.3 is 0 Å². The average Bonchev–Trinajstić information content (AvgIpc) is 2.91. The van der Waals surface area contributed by atoms with E-state index in [0.29, 0.717) is 35.0 Å². The Balaban J connectivity index is 1.89. The lowest BCUT2D eigenvalue weighted by atomic mass is 10.3. The van der Waals surface area contributed by atoms with Gasteiger partial charge in [-0.15, -0.1) is 15.7 Å². The number of rotatable bonds is 2. The first-order chi connectivity index (χ1) is 10.8. The molecular formula is C12H4Cl6NS4+. The van der Waals surface area contributed by atoms with Gasteiger partial charge in [0.25, 0.3) is 0 Å². The molecule has 122 valence electrons. The molecule has 1 heterocycles. The maximum atomic E-state index is 6.27. The van der Waals surface area contributed by atoms with Crippen molar-refractivity contribution >= 4 is 118 Å². The van der Waals surface area contributed by atoms with Crippen LogP contribution in [-0.4, -0.2) is 0 Å². The van der Waals surface area contributed by atoms with E-state index in [1.165, 1.54) is 23.9 Å². The molecule has 0 bridgehead atoms. The molecule has 1 aliphatic heterocycles. The number of thiol groups is 1. The van der Waals surface area contributed by atoms with E-state index < -0.39 is 0 Å². The normalized spacial score (nSPS) is 16.7. The second-order valence-corrected chi connectivity index (χ2v) is 10.9. The number of benzene rings is 2. The minimum absolute atomic E-state index is 0.296. The van der Waals surface area contributed by atoms with Crippen molar-refractivity contribution in [3.8, 4) is 0 Å². The molecule has 1 unspecified atom stereocenters. The topological polar surface area (TPSA) is 4.44 Å². The Bertz CT molecular complexity index is 815. The molecule has 0 amide bonds. The predicted octanol–water partition coefficient (Wildman–Crippen LogP) is 7.52. The fraction of sp³-hybridized carbons (Fsp3) is 0. The second-order valence-electron chi connectivity index (χ2n) is 4.20. The Morgan fingerprint density at radius 1 is 0.826 bits per heavy atom. The summed E-state index contributed by atoms with van der Waals surface area (Å²) < 4.78 is 1.02. The minimum atomic E-state index is 0.296. The molecule has 0 aromatic heterocycles. The summed E-state index contributed by atoms with van der Waals surface area (Å²) in [4.78, 5) is 3.24. The van der Waals surface area contributed by atoms with Gasteiger partial charge in [0.2, 0.25) is 0 Å². The van der Waals surface area contributed by atoms with Crippen molar-refractivity contribution in [1.29, 1.82) is 0 Å². The molecule has 1 aliphatic rings. The second kappa shape index (κ2) is 7.65. The van der Waals surface area contributed by atoms with Crippen molar-refractivity contribution in [3.63, 3.8) is 0 Å². The van der Waals surface area contributed by atoms with E-state index in [1.54, 1.807) is 24.1 Å². The minimum Gasteiger partial charge on any atom is -0.141 e. The van der Waals surface area contributed by atoms with Crippen molar-refractivity contribution in [2.45, 2.75) is 19.6 Å². The number of halogens is 6. The quantitative estimate of drug-likeness (QED) is 0.249. The Morgan fingerprint density at radius 2 is 1.43 bits per heavy atom. The van der Waals surface area contributed by atoms with Gasteiger partial charge in [0.1, 0.15) is 40.7 Å². The van der Waals surface area contributed by atoms with Crippen LogP contribution in [0.25, 0.3) is 0 Å². The zero-order chi connectivity index (χ0) is 16.9. The molecule has 23 heavy (non-hydrogen) atoms. The molecule has 2 aromatic carbocycles. The van der Waals surface area contributed by atoms with Crippen LogP contribution < -0.4 is 3.12 Å². The maximum absolute atomic E-state index is 6.27. The summed E-state index contributed by atoms with van der Waals surface area (Å²) in [6.07, 6.45) is 0. The first kappa shape index (κ1) is 19.3. The third-order valence-corrected chi connectivity index (χ3v) is 9.98. The summed E-state index contributed by atoms with van der Waals surface area (Å²) in [7, 11) is 0. The third kappa shape index (κ3) is 3.81. The van der Waals surface area contributed by atoms with Crippen LogP contribution in [0.5, 0.6) is 0 Å². The van der Waals surface area contributed by atoms with E-state index in [1.807, 2.05) is 0 Å². The molecule has 0 aliphatic carbocycles. The number of hydrogen-bond donors (Lipinski definition) is 2. The van der Waals surface area contributed by atoms with Gasteiger partial charge in [-0.2, -0.15) is 0 Å². The van der Waals surface area contributed by atoms with Crippen LogP contribution in [0.4, 0.5) is 0 Å². The zero-order valence-corrected chi connectivity index (χ0v) is 18.5. The van der Waals surface area contributed by atoms with Gasteiger partial charge in [0.15, 0.2) is 0 Å². The van der Waals surface area contributed by atoms with E-state index >= 15 is 0 Å². The van der Waals surface area contributed by atoms with E-state index in [-0.39, 0.29) is 0 Å². The predicted molar refractivity (Wildman–Crippen MR) is 109 cm³/mol. The highest BCUT2D eigenvalue weighted by molar-refractivity contribution is 8.17. The summed E-state index contributed by atoms with van der Waals surface area (Å²) >= 11 is 45.7. The van der Waals surface area contributed by atoms with Gasteiger partial charge in [0, 0.05) is 4.90 Å². The summed E-state index contributed by atoms with van der Waals surface area (Å²) in [5, 5.41) is 2.26. The Labute approximate surface area is 181 Å². The van der Waals surface area contributed by atoms with Crippen LogP contribution in [0.1, 0.15) is 0 Å². The summed E-state index contributed by atoms with van der Waals surface area (Å²) in [6.45, 7) is 0. The van der Waals surface area contributed by atoms with E-state index in [2.05, 4.69) is 12.6 Å². The van der Waals surface area contributed by atoms with Crippen LogP contribution in [0.3, 0.4) is 0 Å². The monoisotopic (exact) mass is 500 g/mol. The lowest BCUT2D eigenvalue weighted by Gasteiger charge is -2.09. The first-order valence-electron chi connectivity index (χ1n) is 5.74. The lowest BCUT2D eigenvalue weighted by Crippen LogP contribution is -2.88. The van der Waals surface area contributed by atoms with Gasteiger partial charge in [-0.3, -0.25) is 0 Å². The van der Waals surface area contributed by atoms with E-state index in [0.717, 1.165) is 17.8 Å². The Kier molecular flexibility index (Phi) is 6.42. The number of hydrogen-bond acceptors (Lipinski definition) is 4. The molecule has 0 radical (unpaired) electrons. The Morgan fingerprint density at radius 3 is 2.13 bits per heavy atom. The zero-order valence-electron chi connectivity index (χ0n) is 10.6. The molecule has 0 spiro atoms. The van der Waals surface area contributed by atoms with Crippen molar-refractivity contribution in [1.82, 2.24) is 0 Å². The summed E-state index contributed by atoms with van der Waals surface area (Å²) in [5.74, 6) is 0. The van der Waals surface area contributed by atoms with E-state index in [9.17, 15) is 0 Å². The molecule has 0 saturated carbocycles. The van der Waals surface area contributed by atoms with Crippen molar-refractivity contribution in [2.75, 3.05) is 0 Å². The molecule has 0 saturated heterocycles. The van der Waals surface area contributed by atoms with Crippen LogP contribution in [-0.2, 0) is 0 Å². The highest BCUT2D eigenvalue weighted by atomic mass is 35.5. The standard InChI is InChI=1S/C12H3Cl6NS4/c13-3-1-5(11(20)9(17)7(3)15)21-19-22-6-2-4(14)8(16)10(18)12(6)23-19/h1-2,20H/p+1. The smallest absolute Gasteiger partial charge is 0.139 e. The van der Waals surface area contributed by atoms with Crippen molar-refractivity contribution < 1.29 is 3.12 Å². The van der Waals surface area contributed by atoms with Crippen LogP contribution in [0.15, 0.2) is 31.7 Å². The SMILES string of the molecule is Sc1c(S[NH+]2Sc3cc(Cl)c(Cl)c(Cl)c3S2)cc(Cl)c(Cl)c1Cl. The van der Waals surface area contributed by atoms with Gasteiger partial charge < -0.3 is 0 Å². The summed E-state index contributed by atoms with van der Waals surface area (Å²) in [5.41, 5.74) is 0. The highest BCUT2D eigenvalue weighted by Gasteiger charge is 2.34. The van der Waals surface area contributed by atoms with Crippen LogP contribution in [0.2, 0.25) is 30.1 Å². The lowest BCUT2D eigenvalue weighted by molar-refractivity contribution is -0.391. The molecule has 2 aromatic rings. The molecule has 1 atom stereocenters. The molecule has 0 fully saturated rings. The molecule has 1 N–H and O–H groups in total. The number of fused-ring (bicyclic) bond motifs is 1. The van der Waals surface area contributed by atoms with Gasteiger partial charge in [-0.1, -0.05) is 69.6 Å². The molecule has 3 rings (SSSR count). The Hall–Kier alpha value is 1.54. The summed E-state index contributed by atoms with van der Waals surface area (Å²) in [6, 6.07) is 3.54. The van der Waals surface area contributed by atoms with E-state index in [4.69, 9.17) is 69.6 Å². The molecule has 11 heteroatoms. The third-order valence-electron chi connectivity index (χ3n) is 2.76. The fourth-order valence-electron chi connectivity index (χ4n) is 1.69.